The second kappa shape index (κ2) is 11.3. The molecule has 1 saturated heterocycles. The van der Waals surface area contributed by atoms with Crippen molar-refractivity contribution in [3.63, 3.8) is 0 Å². The average molecular weight is 447 g/mol. The van der Waals surface area contributed by atoms with E-state index in [1.54, 1.807) is 5.57 Å². The molecule has 0 spiro atoms. The molecule has 0 bridgehead atoms. The molecule has 3 rings (SSSR count). The first-order valence-corrected chi connectivity index (χ1v) is 15.4. The van der Waals surface area contributed by atoms with Crippen LogP contribution in [0.5, 0.6) is 0 Å². The summed E-state index contributed by atoms with van der Waals surface area (Å²) in [5, 5.41) is 0. The minimum Gasteiger partial charge on any atom is -0.292 e. The summed E-state index contributed by atoms with van der Waals surface area (Å²) in [6.45, 7) is 9.41. The Hall–Kier alpha value is -0.670. The van der Waals surface area contributed by atoms with Gasteiger partial charge in [0.1, 0.15) is 0 Å². The summed E-state index contributed by atoms with van der Waals surface area (Å²) in [4.78, 5) is 13.4. The Labute approximate surface area is 191 Å². The molecule has 168 valence electrons. The van der Waals surface area contributed by atoms with Gasteiger partial charge in [-0.1, -0.05) is 97.3 Å². The zero-order valence-corrected chi connectivity index (χ0v) is 21.3. The van der Waals surface area contributed by atoms with Crippen LogP contribution in [-0.4, -0.2) is 11.4 Å². The molecular formula is C27H42OS2. The van der Waals surface area contributed by atoms with E-state index in [0.717, 1.165) is 17.6 Å². The van der Waals surface area contributed by atoms with Crippen molar-refractivity contribution in [2.75, 3.05) is 5.75 Å². The van der Waals surface area contributed by atoms with Gasteiger partial charge in [0.25, 0.3) is 0 Å². The van der Waals surface area contributed by atoms with Gasteiger partial charge in [-0.2, -0.15) is 0 Å². The molecule has 1 nitrogen and oxygen atoms in total. The molecule has 0 radical (unpaired) electrons. The molecular weight excluding hydrogens is 404 g/mol. The number of hydrogen-bond donors (Lipinski definition) is 1. The Morgan fingerprint density at radius 2 is 1.70 bits per heavy atom. The van der Waals surface area contributed by atoms with E-state index >= 15 is 0 Å². The minimum atomic E-state index is -0.709. The van der Waals surface area contributed by atoms with E-state index in [1.165, 1.54) is 85.9 Å². The lowest BCUT2D eigenvalue weighted by atomic mass is 9.66. The van der Waals surface area contributed by atoms with Crippen LogP contribution in [0.3, 0.4) is 0 Å². The summed E-state index contributed by atoms with van der Waals surface area (Å²) < 4.78 is 0. The van der Waals surface area contributed by atoms with Gasteiger partial charge in [-0.3, -0.25) is 4.79 Å². The number of carbonyl (C=O) groups is 1. The summed E-state index contributed by atoms with van der Waals surface area (Å²) in [5.74, 6) is 2.73. The van der Waals surface area contributed by atoms with E-state index in [4.69, 9.17) is 0 Å². The molecule has 0 aromatic heterocycles. The monoisotopic (exact) mass is 446 g/mol. The first kappa shape index (κ1) is 24.0. The van der Waals surface area contributed by atoms with Crippen LogP contribution in [0.15, 0.2) is 45.9 Å². The van der Waals surface area contributed by atoms with Crippen molar-refractivity contribution in [2.24, 2.45) is 17.3 Å². The Bertz CT molecular complexity index is 709. The molecule has 0 aromatic carbocycles. The summed E-state index contributed by atoms with van der Waals surface area (Å²) in [5.41, 5.74) is 5.90. The van der Waals surface area contributed by atoms with Crippen molar-refractivity contribution < 1.29 is 4.79 Å². The molecule has 3 atom stereocenters. The predicted octanol–water partition coefficient (Wildman–Crippen LogP) is 8.73. The van der Waals surface area contributed by atoms with E-state index < -0.39 is 9.93 Å². The van der Waals surface area contributed by atoms with Crippen LogP contribution in [0.25, 0.3) is 0 Å². The van der Waals surface area contributed by atoms with Crippen molar-refractivity contribution in [2.45, 2.75) is 91.9 Å². The van der Waals surface area contributed by atoms with Gasteiger partial charge < -0.3 is 0 Å². The van der Waals surface area contributed by atoms with Crippen LogP contribution in [-0.2, 0) is 4.79 Å². The van der Waals surface area contributed by atoms with Gasteiger partial charge in [0.05, 0.1) is 0 Å². The van der Waals surface area contributed by atoms with Gasteiger partial charge in [0, 0.05) is 16.1 Å². The largest absolute Gasteiger partial charge is 0.292 e. The Morgan fingerprint density at radius 1 is 1.07 bits per heavy atom. The first-order chi connectivity index (χ1) is 14.6. The van der Waals surface area contributed by atoms with E-state index in [2.05, 4.69) is 52.0 Å². The van der Waals surface area contributed by atoms with Crippen LogP contribution < -0.4 is 0 Å². The third-order valence-electron chi connectivity index (χ3n) is 7.46. The van der Waals surface area contributed by atoms with E-state index in [-0.39, 0.29) is 5.41 Å². The first-order valence-electron chi connectivity index (χ1n) is 12.3. The number of thiol groups is 1. The zero-order chi connectivity index (χ0) is 21.6. The highest BCUT2D eigenvalue weighted by atomic mass is 33.1. The fourth-order valence-corrected chi connectivity index (χ4v) is 9.81. The molecule has 0 saturated carbocycles. The zero-order valence-electron chi connectivity index (χ0n) is 19.6. The average Bonchev–Trinajstić information content (AvgIpc) is 3.36. The highest BCUT2D eigenvalue weighted by Gasteiger charge is 2.47. The van der Waals surface area contributed by atoms with Gasteiger partial charge in [-0.05, 0) is 47.5 Å². The summed E-state index contributed by atoms with van der Waals surface area (Å²) in [6.07, 6.45) is 22.3. The fraction of sp³-hybridized carbons (Fsp3) is 0.667. The lowest BCUT2D eigenvalue weighted by Crippen LogP contribution is -2.35. The second-order valence-electron chi connectivity index (χ2n) is 9.53. The molecule has 3 heteroatoms. The molecule has 3 aliphatic rings. The maximum absolute atomic E-state index is 12.0. The smallest absolute Gasteiger partial charge is 0.169 e. The fourth-order valence-electron chi connectivity index (χ4n) is 5.70. The van der Waals surface area contributed by atoms with Crippen molar-refractivity contribution >= 4 is 26.3 Å². The number of rotatable bonds is 13. The van der Waals surface area contributed by atoms with Crippen molar-refractivity contribution in [1.82, 2.24) is 0 Å². The summed E-state index contributed by atoms with van der Waals surface area (Å²) in [6, 6.07) is 0. The summed E-state index contributed by atoms with van der Waals surface area (Å²) >= 11 is 0. The lowest BCUT2D eigenvalue weighted by Gasteiger charge is -2.46. The van der Waals surface area contributed by atoms with Crippen LogP contribution in [0, 0.1) is 17.3 Å². The van der Waals surface area contributed by atoms with Gasteiger partial charge in [-0.15, -0.1) is 20.7 Å². The van der Waals surface area contributed by atoms with Crippen molar-refractivity contribution in [3.05, 3.63) is 45.9 Å². The molecule has 1 fully saturated rings. The molecule has 30 heavy (non-hydrogen) atoms. The number of carbonyl (C=O) groups excluding carboxylic acids is 1. The molecule has 0 amide bonds. The Balaban J connectivity index is 2.01. The van der Waals surface area contributed by atoms with E-state index in [0.29, 0.717) is 0 Å². The maximum atomic E-state index is 12.0. The van der Waals surface area contributed by atoms with Crippen LogP contribution in [0.1, 0.15) is 91.9 Å². The van der Waals surface area contributed by atoms with Gasteiger partial charge in [0.15, 0.2) is 5.62 Å². The van der Waals surface area contributed by atoms with Crippen molar-refractivity contribution in [1.29, 1.82) is 0 Å². The molecule has 1 heterocycles. The van der Waals surface area contributed by atoms with Crippen molar-refractivity contribution in [3.8, 4) is 0 Å². The Morgan fingerprint density at radius 3 is 2.23 bits per heavy atom. The van der Waals surface area contributed by atoms with Crippen LogP contribution >= 0.6 is 20.7 Å². The van der Waals surface area contributed by atoms with Crippen LogP contribution in [0.2, 0.25) is 0 Å². The number of fused-ring (bicyclic) bond motifs is 2. The van der Waals surface area contributed by atoms with E-state index in [9.17, 15) is 4.79 Å². The molecule has 0 N–H and O–H groups in total. The number of unbranched alkanes of at least 4 members (excludes halogenated alkanes) is 2. The maximum Gasteiger partial charge on any atom is 0.169 e. The SMILES string of the molecule is CCCCC(CC)CC1(CC(CC)CCCC)CS[SH](C=O)C2=CC3=CC=CC3=C21. The van der Waals surface area contributed by atoms with Gasteiger partial charge in [0.2, 0.25) is 0 Å². The molecule has 0 aromatic rings. The van der Waals surface area contributed by atoms with Gasteiger partial charge in [-0.25, -0.2) is 0 Å². The highest BCUT2D eigenvalue weighted by Crippen LogP contribution is 2.67. The topological polar surface area (TPSA) is 17.1 Å². The minimum absolute atomic E-state index is 0.237. The van der Waals surface area contributed by atoms with Gasteiger partial charge >= 0.3 is 0 Å². The molecule has 3 unspecified atom stereocenters. The third kappa shape index (κ3) is 5.04. The lowest BCUT2D eigenvalue weighted by molar-refractivity contribution is 0.213. The predicted molar refractivity (Wildman–Crippen MR) is 139 cm³/mol. The standard InChI is InChI=1S/C27H42OS2/c1-5-9-12-21(7-3)17-27(18-22(8-4)13-10-6-2)19-29-30(20-28)25-16-23-14-11-15-24(23)26(25)27/h11,14-16,20-22,30H,5-10,12-13,17-19H2,1-4H3. The summed E-state index contributed by atoms with van der Waals surface area (Å²) in [7, 11) is 1.27. The normalized spacial score (nSPS) is 28.1. The quantitative estimate of drug-likeness (QED) is 0.173. The second-order valence-corrected chi connectivity index (χ2v) is 13.4. The Kier molecular flexibility index (Phi) is 9.01. The third-order valence-corrected chi connectivity index (χ3v) is 11.5. The van der Waals surface area contributed by atoms with Crippen LogP contribution in [0.4, 0.5) is 0 Å². The number of allylic oxidation sites excluding steroid dienone is 7. The number of hydrogen-bond acceptors (Lipinski definition) is 2. The molecule has 1 aliphatic heterocycles. The molecule has 2 aliphatic carbocycles. The highest BCUT2D eigenvalue weighted by molar-refractivity contribution is 8.91. The van der Waals surface area contributed by atoms with E-state index in [1.807, 2.05) is 10.8 Å².